The first-order chi connectivity index (χ1) is 11.0. The second-order valence-corrected chi connectivity index (χ2v) is 6.51. The molecule has 0 aromatic rings. The molecule has 1 aliphatic carbocycles. The Labute approximate surface area is 139 Å². The van der Waals surface area contributed by atoms with Crippen molar-refractivity contribution in [2.75, 3.05) is 0 Å². The SMILES string of the molecule is CCCCCCCC(C#N)(OC(C)=O)C(=O)NC1CCCCC1. The van der Waals surface area contributed by atoms with Crippen LogP contribution in [0, 0.1) is 11.3 Å². The molecule has 1 rings (SSSR count). The monoisotopic (exact) mass is 322 g/mol. The van der Waals surface area contributed by atoms with Crippen LogP contribution in [0.3, 0.4) is 0 Å². The van der Waals surface area contributed by atoms with E-state index in [-0.39, 0.29) is 12.5 Å². The molecule has 0 bridgehead atoms. The van der Waals surface area contributed by atoms with E-state index in [4.69, 9.17) is 4.74 Å². The summed E-state index contributed by atoms with van der Waals surface area (Å²) in [6.07, 6.45) is 10.5. The lowest BCUT2D eigenvalue weighted by molar-refractivity contribution is -0.161. The molecular formula is C18H30N2O3. The molecule has 5 nitrogen and oxygen atoms in total. The van der Waals surface area contributed by atoms with E-state index in [1.54, 1.807) is 0 Å². The molecule has 1 aliphatic rings. The largest absolute Gasteiger partial charge is 0.434 e. The van der Waals surface area contributed by atoms with Crippen LogP contribution >= 0.6 is 0 Å². The van der Waals surface area contributed by atoms with Crippen LogP contribution in [0.5, 0.6) is 0 Å². The molecule has 0 aromatic heterocycles. The van der Waals surface area contributed by atoms with E-state index < -0.39 is 17.5 Å². The van der Waals surface area contributed by atoms with Gasteiger partial charge in [-0.25, -0.2) is 0 Å². The third-order valence-electron chi connectivity index (χ3n) is 4.44. The zero-order valence-electron chi connectivity index (χ0n) is 14.5. The van der Waals surface area contributed by atoms with Crippen molar-refractivity contribution in [1.29, 1.82) is 5.26 Å². The molecule has 1 N–H and O–H groups in total. The standard InChI is InChI=1S/C18H30N2O3/c1-3-4-5-6-10-13-18(14-19,23-15(2)21)17(22)20-16-11-8-7-9-12-16/h16H,3-13H2,1-2H3,(H,20,22). The summed E-state index contributed by atoms with van der Waals surface area (Å²) in [5, 5.41) is 12.5. The molecular weight excluding hydrogens is 292 g/mol. The van der Waals surface area contributed by atoms with Gasteiger partial charge in [0.1, 0.15) is 6.07 Å². The van der Waals surface area contributed by atoms with Crippen molar-refractivity contribution in [2.45, 2.75) is 96.1 Å². The number of hydrogen-bond donors (Lipinski definition) is 1. The highest BCUT2D eigenvalue weighted by molar-refractivity contribution is 5.90. The van der Waals surface area contributed by atoms with Crippen molar-refractivity contribution in [3.05, 3.63) is 0 Å². The molecule has 1 saturated carbocycles. The molecule has 1 fully saturated rings. The summed E-state index contributed by atoms with van der Waals surface area (Å²) in [4.78, 5) is 24.0. The van der Waals surface area contributed by atoms with Gasteiger partial charge < -0.3 is 10.1 Å². The number of amides is 1. The normalized spacial score (nSPS) is 17.8. The first kappa shape index (κ1) is 19.5. The van der Waals surface area contributed by atoms with E-state index >= 15 is 0 Å². The van der Waals surface area contributed by atoms with Crippen molar-refractivity contribution in [3.63, 3.8) is 0 Å². The Kier molecular flexibility index (Phi) is 8.68. The molecule has 0 heterocycles. The van der Waals surface area contributed by atoms with Crippen molar-refractivity contribution in [3.8, 4) is 6.07 Å². The van der Waals surface area contributed by atoms with E-state index in [0.717, 1.165) is 51.4 Å². The van der Waals surface area contributed by atoms with Crippen LogP contribution in [0.1, 0.15) is 84.5 Å². The molecule has 23 heavy (non-hydrogen) atoms. The molecule has 0 radical (unpaired) electrons. The third-order valence-corrected chi connectivity index (χ3v) is 4.44. The summed E-state index contributed by atoms with van der Waals surface area (Å²) in [6.45, 7) is 3.38. The van der Waals surface area contributed by atoms with E-state index in [2.05, 4.69) is 12.2 Å². The van der Waals surface area contributed by atoms with Gasteiger partial charge in [-0.15, -0.1) is 0 Å². The Morgan fingerprint density at radius 3 is 2.39 bits per heavy atom. The maximum Gasteiger partial charge on any atom is 0.304 e. The average molecular weight is 322 g/mol. The van der Waals surface area contributed by atoms with Gasteiger partial charge in [-0.1, -0.05) is 51.9 Å². The minimum absolute atomic E-state index is 0.0969. The van der Waals surface area contributed by atoms with Gasteiger partial charge >= 0.3 is 5.97 Å². The zero-order chi connectivity index (χ0) is 17.1. The van der Waals surface area contributed by atoms with Gasteiger partial charge in [0.05, 0.1) is 0 Å². The number of nitrogens with one attached hydrogen (secondary N) is 1. The first-order valence-electron chi connectivity index (χ1n) is 8.96. The van der Waals surface area contributed by atoms with E-state index in [1.165, 1.54) is 13.3 Å². The fourth-order valence-corrected chi connectivity index (χ4v) is 3.11. The lowest BCUT2D eigenvalue weighted by Crippen LogP contribution is -2.52. The molecule has 0 saturated heterocycles. The minimum atomic E-state index is -1.67. The van der Waals surface area contributed by atoms with Gasteiger partial charge in [0.25, 0.3) is 11.5 Å². The number of unbranched alkanes of at least 4 members (excludes halogenated alkanes) is 4. The molecule has 1 atom stereocenters. The molecule has 0 spiro atoms. The van der Waals surface area contributed by atoms with E-state index in [9.17, 15) is 14.9 Å². The zero-order valence-corrected chi connectivity index (χ0v) is 14.5. The Bertz CT molecular complexity index is 424. The van der Waals surface area contributed by atoms with Gasteiger partial charge in [-0.2, -0.15) is 5.26 Å². The predicted octanol–water partition coefficient (Wildman–Crippen LogP) is 3.62. The second-order valence-electron chi connectivity index (χ2n) is 6.51. The molecule has 130 valence electrons. The van der Waals surface area contributed by atoms with Crippen molar-refractivity contribution >= 4 is 11.9 Å². The van der Waals surface area contributed by atoms with Crippen LogP contribution in [-0.4, -0.2) is 23.5 Å². The van der Waals surface area contributed by atoms with Crippen LogP contribution in [0.2, 0.25) is 0 Å². The fraction of sp³-hybridized carbons (Fsp3) is 0.833. The minimum Gasteiger partial charge on any atom is -0.434 e. The van der Waals surface area contributed by atoms with E-state index in [0.29, 0.717) is 6.42 Å². The number of esters is 1. The Balaban J connectivity index is 2.66. The second kappa shape index (κ2) is 10.3. The highest BCUT2D eigenvalue weighted by Gasteiger charge is 2.42. The van der Waals surface area contributed by atoms with Gasteiger partial charge in [-0.05, 0) is 19.3 Å². The molecule has 1 amide bonds. The highest BCUT2D eigenvalue weighted by atomic mass is 16.6. The summed E-state index contributed by atoms with van der Waals surface area (Å²) in [6, 6.07) is 2.07. The predicted molar refractivity (Wildman–Crippen MR) is 88.5 cm³/mol. The van der Waals surface area contributed by atoms with Crippen molar-refractivity contribution in [2.24, 2.45) is 0 Å². The summed E-state index contributed by atoms with van der Waals surface area (Å²) in [7, 11) is 0. The molecule has 0 aliphatic heterocycles. The van der Waals surface area contributed by atoms with Gasteiger partial charge in [0.2, 0.25) is 0 Å². The summed E-state index contributed by atoms with van der Waals surface area (Å²) >= 11 is 0. The summed E-state index contributed by atoms with van der Waals surface area (Å²) in [5.41, 5.74) is -1.67. The summed E-state index contributed by atoms with van der Waals surface area (Å²) in [5.74, 6) is -1.03. The Morgan fingerprint density at radius 1 is 1.17 bits per heavy atom. The van der Waals surface area contributed by atoms with Gasteiger partial charge in [-0.3, -0.25) is 9.59 Å². The number of carbonyl (C=O) groups is 2. The maximum absolute atomic E-state index is 12.6. The highest BCUT2D eigenvalue weighted by Crippen LogP contribution is 2.23. The van der Waals surface area contributed by atoms with Gasteiger partial charge in [0.15, 0.2) is 0 Å². The first-order valence-corrected chi connectivity index (χ1v) is 8.96. The van der Waals surface area contributed by atoms with Crippen LogP contribution in [-0.2, 0) is 14.3 Å². The van der Waals surface area contributed by atoms with Crippen molar-refractivity contribution in [1.82, 2.24) is 5.32 Å². The third kappa shape index (κ3) is 6.60. The van der Waals surface area contributed by atoms with Crippen LogP contribution in [0.15, 0.2) is 0 Å². The quantitative estimate of drug-likeness (QED) is 0.519. The number of hydrogen-bond acceptors (Lipinski definition) is 4. The Morgan fingerprint density at radius 2 is 1.83 bits per heavy atom. The fourth-order valence-electron chi connectivity index (χ4n) is 3.11. The topological polar surface area (TPSA) is 79.2 Å². The Hall–Kier alpha value is -1.57. The lowest BCUT2D eigenvalue weighted by Gasteiger charge is -2.29. The molecule has 1 unspecified atom stereocenters. The number of ether oxygens (including phenoxy) is 1. The smallest absolute Gasteiger partial charge is 0.304 e. The van der Waals surface area contributed by atoms with Crippen molar-refractivity contribution < 1.29 is 14.3 Å². The average Bonchev–Trinajstić information content (AvgIpc) is 2.54. The maximum atomic E-state index is 12.6. The number of nitrogens with zero attached hydrogens (tertiary/aromatic N) is 1. The van der Waals surface area contributed by atoms with Gasteiger partial charge in [0, 0.05) is 19.4 Å². The molecule has 5 heteroatoms. The number of rotatable bonds is 9. The van der Waals surface area contributed by atoms with Crippen LogP contribution < -0.4 is 5.32 Å². The summed E-state index contributed by atoms with van der Waals surface area (Å²) < 4.78 is 5.18. The number of nitriles is 1. The van der Waals surface area contributed by atoms with Crippen LogP contribution in [0.25, 0.3) is 0 Å². The lowest BCUT2D eigenvalue weighted by atomic mass is 9.92. The van der Waals surface area contributed by atoms with E-state index in [1.807, 2.05) is 6.07 Å². The molecule has 0 aromatic carbocycles. The number of carbonyl (C=O) groups excluding carboxylic acids is 2. The van der Waals surface area contributed by atoms with Crippen LogP contribution in [0.4, 0.5) is 0 Å².